The van der Waals surface area contributed by atoms with Crippen LogP contribution in [0.15, 0.2) is 87.6 Å². The van der Waals surface area contributed by atoms with E-state index in [1.54, 1.807) is 0 Å². The molecule has 27 heavy (non-hydrogen) atoms. The Morgan fingerprint density at radius 2 is 1.70 bits per heavy atom. The molecule has 3 nitrogen and oxygen atoms in total. The fourth-order valence-corrected chi connectivity index (χ4v) is 5.13. The lowest BCUT2D eigenvalue weighted by molar-refractivity contribution is 0.644. The minimum atomic E-state index is -0.212. The highest BCUT2D eigenvalue weighted by atomic mass is 79.9. The Labute approximate surface area is 168 Å². The SMILES string of the molecule is O=c1c2sc(Br)cc2ccn1C(c1ccccc1)c1cc2ccccc2[nH]1. The van der Waals surface area contributed by atoms with Crippen molar-refractivity contribution < 1.29 is 0 Å². The van der Waals surface area contributed by atoms with Crippen LogP contribution in [-0.2, 0) is 0 Å². The molecule has 5 rings (SSSR count). The molecule has 0 fully saturated rings. The molecule has 1 atom stereocenters. The molecule has 2 aromatic carbocycles. The quantitative estimate of drug-likeness (QED) is 0.374. The predicted octanol–water partition coefficient (Wildman–Crippen LogP) is 5.94. The summed E-state index contributed by atoms with van der Waals surface area (Å²) in [6.07, 6.45) is 1.90. The van der Waals surface area contributed by atoms with E-state index < -0.39 is 0 Å². The second-order valence-corrected chi connectivity index (χ2v) is 8.92. The van der Waals surface area contributed by atoms with Crippen molar-refractivity contribution >= 4 is 48.3 Å². The summed E-state index contributed by atoms with van der Waals surface area (Å²) in [6.45, 7) is 0. The van der Waals surface area contributed by atoms with Crippen molar-refractivity contribution in [2.75, 3.05) is 0 Å². The summed E-state index contributed by atoms with van der Waals surface area (Å²) in [6, 6.07) is 24.3. The van der Waals surface area contributed by atoms with Gasteiger partial charge in [-0.15, -0.1) is 11.3 Å². The van der Waals surface area contributed by atoms with Gasteiger partial charge in [-0.1, -0.05) is 48.5 Å². The molecule has 3 aromatic heterocycles. The first kappa shape index (κ1) is 16.5. The molecule has 5 heteroatoms. The average molecular weight is 435 g/mol. The van der Waals surface area contributed by atoms with E-state index in [1.807, 2.05) is 53.2 Å². The van der Waals surface area contributed by atoms with Gasteiger partial charge in [0, 0.05) is 22.8 Å². The molecule has 132 valence electrons. The van der Waals surface area contributed by atoms with Crippen molar-refractivity contribution in [1.29, 1.82) is 0 Å². The monoisotopic (exact) mass is 434 g/mol. The highest BCUT2D eigenvalue weighted by Gasteiger charge is 2.21. The second-order valence-electron chi connectivity index (χ2n) is 6.49. The Morgan fingerprint density at radius 3 is 2.52 bits per heavy atom. The topological polar surface area (TPSA) is 37.8 Å². The average Bonchev–Trinajstić information content (AvgIpc) is 3.28. The molecule has 0 amide bonds. The van der Waals surface area contributed by atoms with Gasteiger partial charge in [0.15, 0.2) is 0 Å². The zero-order valence-corrected chi connectivity index (χ0v) is 16.6. The van der Waals surface area contributed by atoms with Crippen molar-refractivity contribution in [2.24, 2.45) is 0 Å². The van der Waals surface area contributed by atoms with Crippen molar-refractivity contribution in [2.45, 2.75) is 6.04 Å². The predicted molar refractivity (Wildman–Crippen MR) is 116 cm³/mol. The molecule has 5 aromatic rings. The van der Waals surface area contributed by atoms with Crippen LogP contribution in [0.3, 0.4) is 0 Å². The third-order valence-corrected chi connectivity index (χ3v) is 6.45. The van der Waals surface area contributed by atoms with Crippen LogP contribution in [0.5, 0.6) is 0 Å². The molecular formula is C22H15BrN2OS. The number of aromatic amines is 1. The maximum Gasteiger partial charge on any atom is 0.269 e. The van der Waals surface area contributed by atoms with Gasteiger partial charge < -0.3 is 9.55 Å². The Hall–Kier alpha value is -2.63. The number of halogens is 1. The maximum absolute atomic E-state index is 13.3. The fourth-order valence-electron chi connectivity index (χ4n) is 3.58. The second kappa shape index (κ2) is 6.51. The van der Waals surface area contributed by atoms with E-state index in [2.05, 4.69) is 51.2 Å². The summed E-state index contributed by atoms with van der Waals surface area (Å²) >= 11 is 4.98. The smallest absolute Gasteiger partial charge is 0.269 e. The van der Waals surface area contributed by atoms with Crippen LogP contribution in [0.25, 0.3) is 21.0 Å². The summed E-state index contributed by atoms with van der Waals surface area (Å²) in [4.78, 5) is 16.8. The van der Waals surface area contributed by atoms with Gasteiger partial charge in [-0.25, -0.2) is 0 Å². The number of nitrogens with one attached hydrogen (secondary N) is 1. The van der Waals surface area contributed by atoms with Crippen LogP contribution >= 0.6 is 27.3 Å². The zero-order chi connectivity index (χ0) is 18.4. The van der Waals surface area contributed by atoms with E-state index in [1.165, 1.54) is 11.3 Å². The largest absolute Gasteiger partial charge is 0.356 e. The molecule has 0 bridgehead atoms. The molecule has 0 spiro atoms. The Balaban J connectivity index is 1.78. The van der Waals surface area contributed by atoms with Gasteiger partial charge in [-0.3, -0.25) is 4.79 Å². The molecule has 0 radical (unpaired) electrons. The van der Waals surface area contributed by atoms with Crippen LogP contribution in [0.1, 0.15) is 17.3 Å². The molecule has 0 aliphatic carbocycles. The lowest BCUT2D eigenvalue weighted by Crippen LogP contribution is -2.25. The van der Waals surface area contributed by atoms with Gasteiger partial charge in [-0.2, -0.15) is 0 Å². The van der Waals surface area contributed by atoms with E-state index in [9.17, 15) is 4.79 Å². The van der Waals surface area contributed by atoms with Gasteiger partial charge in [0.1, 0.15) is 10.7 Å². The number of hydrogen-bond donors (Lipinski definition) is 1. The minimum Gasteiger partial charge on any atom is -0.356 e. The normalized spacial score (nSPS) is 12.6. The molecule has 0 saturated heterocycles. The van der Waals surface area contributed by atoms with Crippen LogP contribution in [-0.4, -0.2) is 9.55 Å². The van der Waals surface area contributed by atoms with Crippen LogP contribution in [0.4, 0.5) is 0 Å². The summed E-state index contributed by atoms with van der Waals surface area (Å²) in [5, 5.41) is 2.11. The van der Waals surface area contributed by atoms with Gasteiger partial charge in [0.2, 0.25) is 0 Å². The lowest BCUT2D eigenvalue weighted by Gasteiger charge is -2.19. The van der Waals surface area contributed by atoms with E-state index in [-0.39, 0.29) is 11.6 Å². The van der Waals surface area contributed by atoms with Gasteiger partial charge in [0.05, 0.1) is 3.79 Å². The van der Waals surface area contributed by atoms with Crippen LogP contribution < -0.4 is 5.56 Å². The molecule has 1 unspecified atom stereocenters. The van der Waals surface area contributed by atoms with E-state index >= 15 is 0 Å². The first-order chi connectivity index (χ1) is 13.2. The van der Waals surface area contributed by atoms with Crippen LogP contribution in [0.2, 0.25) is 0 Å². The number of fused-ring (bicyclic) bond motifs is 2. The first-order valence-corrected chi connectivity index (χ1v) is 10.2. The van der Waals surface area contributed by atoms with E-state index in [4.69, 9.17) is 0 Å². The van der Waals surface area contributed by atoms with Crippen molar-refractivity contribution in [3.63, 3.8) is 0 Å². The number of pyridine rings is 1. The Bertz CT molecular complexity index is 1280. The molecule has 3 heterocycles. The highest BCUT2D eigenvalue weighted by molar-refractivity contribution is 9.11. The lowest BCUT2D eigenvalue weighted by atomic mass is 10.0. The number of nitrogens with zero attached hydrogens (tertiary/aromatic N) is 1. The zero-order valence-electron chi connectivity index (χ0n) is 14.2. The van der Waals surface area contributed by atoms with Crippen LogP contribution in [0, 0.1) is 0 Å². The number of thiophene rings is 1. The number of benzene rings is 2. The Morgan fingerprint density at radius 1 is 0.926 bits per heavy atom. The minimum absolute atomic E-state index is 0.0238. The molecule has 0 aliphatic rings. The summed E-state index contributed by atoms with van der Waals surface area (Å²) in [7, 11) is 0. The number of rotatable bonds is 3. The molecule has 0 saturated carbocycles. The molecule has 0 aliphatic heterocycles. The molecular weight excluding hydrogens is 420 g/mol. The third-order valence-electron chi connectivity index (χ3n) is 4.81. The van der Waals surface area contributed by atoms with E-state index in [0.717, 1.165) is 36.0 Å². The highest BCUT2D eigenvalue weighted by Crippen LogP contribution is 2.31. The summed E-state index contributed by atoms with van der Waals surface area (Å²) in [5.41, 5.74) is 3.16. The van der Waals surface area contributed by atoms with E-state index in [0.29, 0.717) is 0 Å². The van der Waals surface area contributed by atoms with Gasteiger partial charge >= 0.3 is 0 Å². The standard InChI is InChI=1S/C22H15BrN2OS/c23-19-13-16-10-11-25(22(26)21(16)27-19)20(14-6-2-1-3-7-14)18-12-15-8-4-5-9-17(15)24-18/h1-13,20,24H. The van der Waals surface area contributed by atoms with Gasteiger partial charge in [0.25, 0.3) is 5.56 Å². The summed E-state index contributed by atoms with van der Waals surface area (Å²) < 4.78 is 3.56. The molecule has 1 N–H and O–H groups in total. The first-order valence-electron chi connectivity index (χ1n) is 8.63. The number of H-pyrrole nitrogens is 1. The maximum atomic E-state index is 13.3. The summed E-state index contributed by atoms with van der Waals surface area (Å²) in [5.74, 6) is 0. The number of para-hydroxylation sites is 1. The van der Waals surface area contributed by atoms with Crippen molar-refractivity contribution in [3.05, 3.63) is 104 Å². The van der Waals surface area contributed by atoms with Gasteiger partial charge in [-0.05, 0) is 51.1 Å². The van der Waals surface area contributed by atoms with Crippen molar-refractivity contribution in [1.82, 2.24) is 9.55 Å². The third kappa shape index (κ3) is 2.83. The fraction of sp³-hybridized carbons (Fsp3) is 0.0455. The van der Waals surface area contributed by atoms with Crippen molar-refractivity contribution in [3.8, 4) is 0 Å². The number of aromatic nitrogens is 2. The Kier molecular flexibility index (Phi) is 3.99. The number of hydrogen-bond acceptors (Lipinski definition) is 2.